The van der Waals surface area contributed by atoms with Gasteiger partial charge in [-0.05, 0) is 62.9 Å². The molecule has 2 aliphatic rings. The van der Waals surface area contributed by atoms with Crippen LogP contribution in [0.25, 0.3) is 11.0 Å². The van der Waals surface area contributed by atoms with E-state index in [0.29, 0.717) is 23.4 Å². The monoisotopic (exact) mass is 473 g/mol. The van der Waals surface area contributed by atoms with Gasteiger partial charge in [0, 0.05) is 23.2 Å². The molecule has 2 aromatic heterocycles. The number of aliphatic hydroxyl groups excluding tert-OH is 2. The highest BCUT2D eigenvalue weighted by atomic mass is 35.5. The molecule has 3 aromatic rings. The molecule has 0 bridgehead atoms. The second-order valence-electron chi connectivity index (χ2n) is 9.09. The summed E-state index contributed by atoms with van der Waals surface area (Å²) in [5, 5.41) is 22.3. The van der Waals surface area contributed by atoms with Crippen LogP contribution in [0.15, 0.2) is 36.8 Å². The topological polar surface area (TPSA) is 98.9 Å². The summed E-state index contributed by atoms with van der Waals surface area (Å²) >= 11 is 6.21. The lowest BCUT2D eigenvalue weighted by Gasteiger charge is -2.28. The summed E-state index contributed by atoms with van der Waals surface area (Å²) in [5.41, 5.74) is 3.20. The summed E-state index contributed by atoms with van der Waals surface area (Å²) in [6.45, 7) is 5.72. The normalized spacial score (nSPS) is 27.2. The van der Waals surface area contributed by atoms with Gasteiger partial charge in [0.1, 0.15) is 36.4 Å². The van der Waals surface area contributed by atoms with E-state index in [4.69, 9.17) is 25.8 Å². The number of halogens is 1. The van der Waals surface area contributed by atoms with Gasteiger partial charge in [0.15, 0.2) is 12.0 Å². The van der Waals surface area contributed by atoms with Crippen LogP contribution >= 0.6 is 11.6 Å². The van der Waals surface area contributed by atoms with Gasteiger partial charge in [0.2, 0.25) is 0 Å². The molecule has 0 radical (unpaired) electrons. The smallest absolute Gasteiger partial charge is 0.164 e. The maximum Gasteiger partial charge on any atom is 0.164 e. The van der Waals surface area contributed by atoms with E-state index in [9.17, 15) is 10.2 Å². The third kappa shape index (κ3) is 4.05. The van der Waals surface area contributed by atoms with Gasteiger partial charge >= 0.3 is 0 Å². The Bertz CT molecular complexity index is 1170. The van der Waals surface area contributed by atoms with Crippen molar-refractivity contribution in [2.75, 3.05) is 6.61 Å². The first-order valence-corrected chi connectivity index (χ1v) is 11.5. The SMILES string of the molecule is Cc1ncnc2c1ccn2[C@@H]1O[C@H]([C@H](O)c2ccc(Cl)cc2CCCO)[C@H]2OC(C)(C)O[C@H]21. The van der Waals surface area contributed by atoms with Crippen molar-refractivity contribution in [3.63, 3.8) is 0 Å². The minimum absolute atomic E-state index is 0.0574. The van der Waals surface area contributed by atoms with E-state index in [2.05, 4.69) is 9.97 Å². The highest BCUT2D eigenvalue weighted by Crippen LogP contribution is 2.47. The largest absolute Gasteiger partial charge is 0.396 e. The van der Waals surface area contributed by atoms with Gasteiger partial charge in [-0.1, -0.05) is 17.7 Å². The van der Waals surface area contributed by atoms with Crippen molar-refractivity contribution in [2.45, 2.75) is 70.0 Å². The molecule has 0 aliphatic carbocycles. The zero-order valence-corrected chi connectivity index (χ0v) is 19.6. The average molecular weight is 474 g/mol. The molecule has 2 saturated heterocycles. The standard InChI is InChI=1S/C24H28ClN3O5/c1-13-16-8-9-28(22(16)27-12-26-13)23-21-20(32-24(2,3)33-21)19(31-23)18(30)17-7-6-15(25)11-14(17)5-4-10-29/h6-9,11-12,18-21,23,29-30H,4-5,10H2,1-3H3/t18-,19-,20-,21-,23-/m1/s1. The first-order chi connectivity index (χ1) is 15.8. The van der Waals surface area contributed by atoms with Crippen molar-refractivity contribution in [2.24, 2.45) is 0 Å². The van der Waals surface area contributed by atoms with Crippen LogP contribution in [0.3, 0.4) is 0 Å². The lowest BCUT2D eigenvalue weighted by Crippen LogP contribution is -2.34. The van der Waals surface area contributed by atoms with Crippen LogP contribution in [0.4, 0.5) is 0 Å². The number of hydrogen-bond acceptors (Lipinski definition) is 7. The van der Waals surface area contributed by atoms with E-state index in [-0.39, 0.29) is 6.61 Å². The van der Waals surface area contributed by atoms with E-state index in [1.165, 1.54) is 6.33 Å². The number of fused-ring (bicyclic) bond motifs is 2. The number of benzene rings is 1. The summed E-state index contributed by atoms with van der Waals surface area (Å²) in [5.74, 6) is -0.817. The van der Waals surface area contributed by atoms with Crippen LogP contribution in [0.2, 0.25) is 5.02 Å². The summed E-state index contributed by atoms with van der Waals surface area (Å²) in [6.07, 6.45) is 1.52. The summed E-state index contributed by atoms with van der Waals surface area (Å²) < 4.78 is 20.8. The second kappa shape index (κ2) is 8.61. The lowest BCUT2D eigenvalue weighted by molar-refractivity contribution is -0.207. The molecule has 2 aliphatic heterocycles. The highest BCUT2D eigenvalue weighted by molar-refractivity contribution is 6.30. The molecule has 0 spiro atoms. The Labute approximate surface area is 197 Å². The van der Waals surface area contributed by atoms with Crippen LogP contribution in [0, 0.1) is 6.92 Å². The van der Waals surface area contributed by atoms with E-state index in [1.807, 2.05) is 49.7 Å². The van der Waals surface area contributed by atoms with E-state index in [0.717, 1.165) is 22.3 Å². The molecule has 1 aromatic carbocycles. The maximum atomic E-state index is 11.5. The fraction of sp³-hybridized carbons (Fsp3) is 0.500. The minimum Gasteiger partial charge on any atom is -0.396 e. The Morgan fingerprint density at radius 2 is 1.97 bits per heavy atom. The highest BCUT2D eigenvalue weighted by Gasteiger charge is 2.58. The molecular weight excluding hydrogens is 446 g/mol. The average Bonchev–Trinajstić information content (AvgIpc) is 3.43. The number of rotatable bonds is 6. The zero-order chi connectivity index (χ0) is 23.3. The molecule has 0 saturated carbocycles. The number of aliphatic hydroxyl groups is 2. The first kappa shape index (κ1) is 22.7. The fourth-order valence-electron chi connectivity index (χ4n) is 4.91. The Balaban J connectivity index is 1.52. The van der Waals surface area contributed by atoms with Crippen LogP contribution in [0.5, 0.6) is 0 Å². The summed E-state index contributed by atoms with van der Waals surface area (Å²) in [7, 11) is 0. The molecule has 33 heavy (non-hydrogen) atoms. The van der Waals surface area contributed by atoms with Crippen molar-refractivity contribution >= 4 is 22.6 Å². The molecule has 5 atom stereocenters. The van der Waals surface area contributed by atoms with Crippen LogP contribution < -0.4 is 0 Å². The number of aromatic nitrogens is 3. The van der Waals surface area contributed by atoms with Crippen molar-refractivity contribution < 1.29 is 24.4 Å². The van der Waals surface area contributed by atoms with Crippen LogP contribution in [-0.4, -0.2) is 55.5 Å². The van der Waals surface area contributed by atoms with Crippen molar-refractivity contribution in [1.29, 1.82) is 0 Å². The predicted octanol–water partition coefficient (Wildman–Crippen LogP) is 3.47. The van der Waals surface area contributed by atoms with Crippen molar-refractivity contribution in [3.05, 3.63) is 58.6 Å². The molecule has 0 amide bonds. The molecule has 4 heterocycles. The fourth-order valence-corrected chi connectivity index (χ4v) is 5.11. The van der Waals surface area contributed by atoms with Crippen LogP contribution in [-0.2, 0) is 20.6 Å². The van der Waals surface area contributed by atoms with Gasteiger partial charge < -0.3 is 29.0 Å². The van der Waals surface area contributed by atoms with E-state index < -0.39 is 36.4 Å². The Hall–Kier alpha value is -2.07. The molecule has 9 heteroatoms. The van der Waals surface area contributed by atoms with Gasteiger partial charge in [-0.15, -0.1) is 0 Å². The number of hydrogen-bond donors (Lipinski definition) is 2. The van der Waals surface area contributed by atoms with Gasteiger partial charge in [0.05, 0.1) is 5.69 Å². The Kier molecular flexibility index (Phi) is 5.93. The third-order valence-electron chi connectivity index (χ3n) is 6.39. The molecule has 8 nitrogen and oxygen atoms in total. The molecule has 2 N–H and O–H groups in total. The third-order valence-corrected chi connectivity index (χ3v) is 6.62. The molecular formula is C24H28ClN3O5. The quantitative estimate of drug-likeness (QED) is 0.565. The Morgan fingerprint density at radius 3 is 2.76 bits per heavy atom. The van der Waals surface area contributed by atoms with E-state index in [1.54, 1.807) is 6.07 Å². The van der Waals surface area contributed by atoms with Crippen molar-refractivity contribution in [1.82, 2.24) is 14.5 Å². The molecule has 2 fully saturated rings. The first-order valence-electron chi connectivity index (χ1n) is 11.2. The maximum absolute atomic E-state index is 11.5. The van der Waals surface area contributed by atoms with E-state index >= 15 is 0 Å². The number of nitrogens with zero attached hydrogens (tertiary/aromatic N) is 3. The molecule has 0 unspecified atom stereocenters. The summed E-state index contributed by atoms with van der Waals surface area (Å²) in [4.78, 5) is 8.73. The minimum atomic E-state index is -0.968. The number of aryl methyl sites for hydroxylation is 2. The number of ether oxygens (including phenoxy) is 3. The predicted molar refractivity (Wildman–Crippen MR) is 122 cm³/mol. The molecule has 5 rings (SSSR count). The van der Waals surface area contributed by atoms with Gasteiger partial charge in [-0.25, -0.2) is 9.97 Å². The zero-order valence-electron chi connectivity index (χ0n) is 18.8. The van der Waals surface area contributed by atoms with Gasteiger partial charge in [-0.3, -0.25) is 0 Å². The Morgan fingerprint density at radius 1 is 1.18 bits per heavy atom. The lowest BCUT2D eigenvalue weighted by atomic mass is 9.93. The van der Waals surface area contributed by atoms with Gasteiger partial charge in [-0.2, -0.15) is 0 Å². The van der Waals surface area contributed by atoms with Crippen LogP contribution in [0.1, 0.15) is 49.4 Å². The van der Waals surface area contributed by atoms with Crippen molar-refractivity contribution in [3.8, 4) is 0 Å². The summed E-state index contributed by atoms with van der Waals surface area (Å²) in [6, 6.07) is 7.35. The second-order valence-corrected chi connectivity index (χ2v) is 9.53. The molecule has 176 valence electrons. The van der Waals surface area contributed by atoms with Gasteiger partial charge in [0.25, 0.3) is 0 Å².